The van der Waals surface area contributed by atoms with Crippen molar-refractivity contribution < 1.29 is 19.4 Å². The van der Waals surface area contributed by atoms with Gasteiger partial charge in [0.2, 0.25) is 0 Å². The van der Waals surface area contributed by atoms with Gasteiger partial charge in [-0.15, -0.1) is 0 Å². The molecule has 2 heterocycles. The van der Waals surface area contributed by atoms with Crippen molar-refractivity contribution in [3.63, 3.8) is 0 Å². The number of hydrazone groups is 1. The number of amides is 1. The van der Waals surface area contributed by atoms with E-state index in [-0.39, 0.29) is 22.8 Å². The van der Waals surface area contributed by atoms with Gasteiger partial charge in [0.15, 0.2) is 0 Å². The van der Waals surface area contributed by atoms with Gasteiger partial charge in [0.25, 0.3) is 5.91 Å². The molecular weight excluding hydrogens is 540 g/mol. The summed E-state index contributed by atoms with van der Waals surface area (Å²) >= 11 is 0. The number of carbonyl (C=O) groups is 2. The highest BCUT2D eigenvalue weighted by molar-refractivity contribution is 6.33. The van der Waals surface area contributed by atoms with Gasteiger partial charge in [0.05, 0.1) is 22.5 Å². The monoisotopic (exact) mass is 580 g/mol. The van der Waals surface area contributed by atoms with Gasteiger partial charge in [-0.2, -0.15) is 10.1 Å². The Labute approximate surface area is 253 Å². The van der Waals surface area contributed by atoms with Crippen molar-refractivity contribution in [2.75, 3.05) is 43.1 Å². The van der Waals surface area contributed by atoms with E-state index in [1.807, 2.05) is 38.1 Å². The summed E-state index contributed by atoms with van der Waals surface area (Å²) in [5.41, 5.74) is 4.91. The first-order chi connectivity index (χ1) is 20.4. The van der Waals surface area contributed by atoms with E-state index in [9.17, 15) is 14.7 Å². The van der Waals surface area contributed by atoms with E-state index in [1.165, 1.54) is 22.7 Å². The van der Waals surface area contributed by atoms with Crippen LogP contribution < -0.4 is 14.6 Å². The first kappa shape index (κ1) is 30.0. The Morgan fingerprint density at radius 2 is 1.56 bits per heavy atom. The molecule has 1 N–H and O–H groups in total. The third-order valence-electron chi connectivity index (χ3n) is 7.93. The molecule has 1 amide bonds. The number of hydrogen-bond acceptors (Lipinski definition) is 6. The van der Waals surface area contributed by atoms with E-state index >= 15 is 0 Å². The van der Waals surface area contributed by atoms with Gasteiger partial charge >= 0.3 is 5.97 Å². The molecular formula is C35H40N4O4. The normalized spacial score (nSPS) is 17.1. The Hall–Kier alpha value is -4.43. The van der Waals surface area contributed by atoms with Gasteiger partial charge in [-0.1, -0.05) is 46.8 Å². The van der Waals surface area contributed by atoms with Gasteiger partial charge in [0.1, 0.15) is 11.5 Å². The van der Waals surface area contributed by atoms with E-state index < -0.39 is 5.97 Å². The molecule has 0 aromatic heterocycles. The molecule has 43 heavy (non-hydrogen) atoms. The third kappa shape index (κ3) is 6.65. The Morgan fingerprint density at radius 3 is 2.14 bits per heavy atom. The number of aromatic carboxylic acids is 1. The number of piperazine rings is 1. The SMILES string of the molecule is CC(C)C1=NN(c2ccc(C(=O)O)cc2)C(=O)/C1=C\c1ccc(N2CCN(C)CC2)cc1Oc1ccc(C(C)(C)C)cc1. The lowest BCUT2D eigenvalue weighted by atomic mass is 9.87. The molecule has 0 saturated carbocycles. The van der Waals surface area contributed by atoms with E-state index in [4.69, 9.17) is 4.74 Å². The number of rotatable bonds is 7. The molecule has 8 heteroatoms. The number of anilines is 2. The average molecular weight is 581 g/mol. The molecule has 0 atom stereocenters. The van der Waals surface area contributed by atoms with Gasteiger partial charge in [-0.05, 0) is 78.6 Å². The Balaban J connectivity index is 1.52. The van der Waals surface area contributed by atoms with Gasteiger partial charge in [-0.3, -0.25) is 4.79 Å². The van der Waals surface area contributed by atoms with E-state index in [0.29, 0.717) is 22.7 Å². The molecule has 0 unspecified atom stereocenters. The van der Waals surface area contributed by atoms with Crippen LogP contribution in [0.15, 0.2) is 77.4 Å². The topological polar surface area (TPSA) is 85.7 Å². The lowest BCUT2D eigenvalue weighted by Crippen LogP contribution is -2.44. The van der Waals surface area contributed by atoms with Crippen LogP contribution in [0.25, 0.3) is 6.08 Å². The zero-order valence-corrected chi connectivity index (χ0v) is 25.8. The maximum absolute atomic E-state index is 13.8. The average Bonchev–Trinajstić information content (AvgIpc) is 3.30. The highest BCUT2D eigenvalue weighted by Crippen LogP contribution is 2.35. The van der Waals surface area contributed by atoms with E-state index in [1.54, 1.807) is 12.1 Å². The van der Waals surface area contributed by atoms with Crippen LogP contribution in [0.1, 0.15) is 56.1 Å². The number of carboxylic acid groups (broad SMARTS) is 1. The van der Waals surface area contributed by atoms with Crippen LogP contribution in [-0.2, 0) is 10.2 Å². The van der Waals surface area contributed by atoms with Crippen LogP contribution in [0.5, 0.6) is 11.5 Å². The second kappa shape index (κ2) is 12.1. The smallest absolute Gasteiger partial charge is 0.335 e. The minimum Gasteiger partial charge on any atom is -0.478 e. The Bertz CT molecular complexity index is 1560. The maximum Gasteiger partial charge on any atom is 0.335 e. The largest absolute Gasteiger partial charge is 0.478 e. The third-order valence-corrected chi connectivity index (χ3v) is 7.93. The van der Waals surface area contributed by atoms with Crippen molar-refractivity contribution in [2.45, 2.75) is 40.0 Å². The summed E-state index contributed by atoms with van der Waals surface area (Å²) < 4.78 is 6.52. The molecule has 3 aromatic rings. The molecule has 1 saturated heterocycles. The Kier molecular flexibility index (Phi) is 8.42. The molecule has 0 aliphatic carbocycles. The Morgan fingerprint density at radius 1 is 0.930 bits per heavy atom. The van der Waals surface area contributed by atoms with Crippen molar-refractivity contribution in [3.05, 3.63) is 89.0 Å². The van der Waals surface area contributed by atoms with Gasteiger partial charge in [-0.25, -0.2) is 4.79 Å². The van der Waals surface area contributed by atoms with Crippen LogP contribution in [0.4, 0.5) is 11.4 Å². The van der Waals surface area contributed by atoms with Crippen molar-refractivity contribution >= 4 is 35.0 Å². The number of hydrogen-bond donors (Lipinski definition) is 1. The second-order valence-electron chi connectivity index (χ2n) is 12.6. The summed E-state index contributed by atoms with van der Waals surface area (Å²) in [6.07, 6.45) is 1.86. The van der Waals surface area contributed by atoms with E-state index in [0.717, 1.165) is 43.2 Å². The summed E-state index contributed by atoms with van der Waals surface area (Å²) in [5.74, 6) is 0.0751. The van der Waals surface area contributed by atoms with Crippen molar-refractivity contribution in [1.29, 1.82) is 0 Å². The first-order valence-electron chi connectivity index (χ1n) is 14.7. The zero-order chi connectivity index (χ0) is 30.9. The zero-order valence-electron chi connectivity index (χ0n) is 25.8. The fourth-order valence-corrected chi connectivity index (χ4v) is 5.21. The van der Waals surface area contributed by atoms with Crippen LogP contribution in [0.2, 0.25) is 0 Å². The van der Waals surface area contributed by atoms with E-state index in [2.05, 4.69) is 67.0 Å². The first-order valence-corrected chi connectivity index (χ1v) is 14.7. The summed E-state index contributed by atoms with van der Waals surface area (Å²) in [6, 6.07) is 20.5. The summed E-state index contributed by atoms with van der Waals surface area (Å²) in [6.45, 7) is 14.4. The fraction of sp³-hybridized carbons (Fsp3) is 0.343. The van der Waals surface area contributed by atoms with Crippen molar-refractivity contribution in [2.24, 2.45) is 11.0 Å². The predicted molar refractivity (Wildman–Crippen MR) is 173 cm³/mol. The molecule has 224 valence electrons. The number of benzene rings is 3. The summed E-state index contributed by atoms with van der Waals surface area (Å²) in [5, 5.41) is 15.3. The minimum atomic E-state index is -1.02. The minimum absolute atomic E-state index is 0.0163. The summed E-state index contributed by atoms with van der Waals surface area (Å²) in [4.78, 5) is 29.8. The highest BCUT2D eigenvalue weighted by Gasteiger charge is 2.33. The molecule has 0 bridgehead atoms. The second-order valence-corrected chi connectivity index (χ2v) is 12.6. The van der Waals surface area contributed by atoms with Crippen molar-refractivity contribution in [1.82, 2.24) is 4.90 Å². The predicted octanol–water partition coefficient (Wildman–Crippen LogP) is 6.67. The van der Waals surface area contributed by atoms with Gasteiger partial charge in [0, 0.05) is 43.5 Å². The fourth-order valence-electron chi connectivity index (χ4n) is 5.21. The molecule has 2 aliphatic heterocycles. The molecule has 1 fully saturated rings. The van der Waals surface area contributed by atoms with Gasteiger partial charge < -0.3 is 19.6 Å². The van der Waals surface area contributed by atoms with Crippen molar-refractivity contribution in [3.8, 4) is 11.5 Å². The number of carbonyl (C=O) groups excluding carboxylic acids is 1. The van der Waals surface area contributed by atoms with Crippen LogP contribution >= 0.6 is 0 Å². The summed E-state index contributed by atoms with van der Waals surface area (Å²) in [7, 11) is 2.14. The quantitative estimate of drug-likeness (QED) is 0.314. The maximum atomic E-state index is 13.8. The van der Waals surface area contributed by atoms with Crippen LogP contribution in [0, 0.1) is 5.92 Å². The van der Waals surface area contributed by atoms with Crippen LogP contribution in [0.3, 0.4) is 0 Å². The molecule has 8 nitrogen and oxygen atoms in total. The molecule has 0 radical (unpaired) electrons. The highest BCUT2D eigenvalue weighted by atomic mass is 16.5. The number of nitrogens with zero attached hydrogens (tertiary/aromatic N) is 4. The standard InChI is InChI=1S/C35H40N4O4/c1-23(2)32-30(33(40)39(36-32)27-12-7-24(8-13-27)34(41)42)21-25-9-14-28(38-19-17-37(6)18-20-38)22-31(25)43-29-15-10-26(11-16-29)35(3,4)5/h7-16,21-23H,17-20H2,1-6H3,(H,41,42)/b30-21-. The lowest BCUT2D eigenvalue weighted by Gasteiger charge is -2.34. The lowest BCUT2D eigenvalue weighted by molar-refractivity contribution is -0.114. The molecule has 5 rings (SSSR count). The van der Waals surface area contributed by atoms with Crippen LogP contribution in [-0.4, -0.2) is 60.8 Å². The molecule has 0 spiro atoms. The molecule has 2 aliphatic rings. The molecule has 3 aromatic carbocycles. The number of likely N-dealkylation sites (N-methyl/N-ethyl adjacent to an activating group) is 1. The number of ether oxygens (including phenoxy) is 1. The number of carboxylic acids is 1.